The van der Waals surface area contributed by atoms with Crippen molar-refractivity contribution in [3.05, 3.63) is 0 Å². The molecule has 1 aliphatic rings. The van der Waals surface area contributed by atoms with Crippen LogP contribution in [0.2, 0.25) is 0 Å². The summed E-state index contributed by atoms with van der Waals surface area (Å²) in [5.74, 6) is 0.684. The molecule has 0 aliphatic heterocycles. The summed E-state index contributed by atoms with van der Waals surface area (Å²) in [4.78, 5) is 25.1. The van der Waals surface area contributed by atoms with Crippen LogP contribution in [0.1, 0.15) is 59.8 Å². The van der Waals surface area contributed by atoms with Crippen LogP contribution in [0.4, 0.5) is 0 Å². The first kappa shape index (κ1) is 18.0. The van der Waals surface area contributed by atoms with Crippen molar-refractivity contribution in [1.82, 2.24) is 4.90 Å². The molecule has 122 valence electrons. The predicted molar refractivity (Wildman–Crippen MR) is 83.8 cm³/mol. The third-order valence-corrected chi connectivity index (χ3v) is 4.57. The van der Waals surface area contributed by atoms with Crippen LogP contribution < -0.4 is 0 Å². The van der Waals surface area contributed by atoms with Crippen LogP contribution in [0, 0.1) is 17.3 Å². The Kier molecular flexibility index (Phi) is 6.24. The van der Waals surface area contributed by atoms with Gasteiger partial charge >= 0.3 is 5.97 Å². The zero-order valence-electron chi connectivity index (χ0n) is 14.4. The summed E-state index contributed by atoms with van der Waals surface area (Å²) in [5, 5.41) is 0. The molecule has 1 saturated carbocycles. The first-order valence-electron chi connectivity index (χ1n) is 8.02. The highest BCUT2D eigenvalue weighted by molar-refractivity contribution is 5.81. The number of carbonyl (C=O) groups is 2. The fraction of sp³-hybridized carbons (Fsp3) is 0.882. The van der Waals surface area contributed by atoms with E-state index in [9.17, 15) is 9.59 Å². The second-order valence-corrected chi connectivity index (χ2v) is 7.63. The number of nitrogens with zero attached hydrogens (tertiary/aromatic N) is 1. The molecule has 2 atom stereocenters. The van der Waals surface area contributed by atoms with Crippen LogP contribution in [0.15, 0.2) is 0 Å². The standard InChI is InChI=1S/C17H31NO3/c1-12(2)13-9-10-17(3,4)11-14(13)21-16(20)8-7-15(19)18(5)6/h12-14H,7-11H2,1-6H3. The number of hydrogen-bond donors (Lipinski definition) is 0. The smallest absolute Gasteiger partial charge is 0.306 e. The average Bonchev–Trinajstić information content (AvgIpc) is 2.34. The number of rotatable bonds is 5. The summed E-state index contributed by atoms with van der Waals surface area (Å²) < 4.78 is 5.72. The maximum atomic E-state index is 12.0. The van der Waals surface area contributed by atoms with Crippen LogP contribution in [-0.2, 0) is 14.3 Å². The summed E-state index contributed by atoms with van der Waals surface area (Å²) in [7, 11) is 3.40. The molecule has 1 amide bonds. The first-order valence-corrected chi connectivity index (χ1v) is 8.02. The molecule has 0 N–H and O–H groups in total. The minimum absolute atomic E-state index is 0.00397. The zero-order chi connectivity index (χ0) is 16.2. The molecule has 0 heterocycles. The Morgan fingerprint density at radius 2 is 1.86 bits per heavy atom. The second kappa shape index (κ2) is 7.28. The molecule has 0 spiro atoms. The summed E-state index contributed by atoms with van der Waals surface area (Å²) >= 11 is 0. The minimum atomic E-state index is -0.237. The highest BCUT2D eigenvalue weighted by Crippen LogP contribution is 2.42. The quantitative estimate of drug-likeness (QED) is 0.732. The largest absolute Gasteiger partial charge is 0.462 e. The van der Waals surface area contributed by atoms with Crippen molar-refractivity contribution < 1.29 is 14.3 Å². The number of amides is 1. The fourth-order valence-electron chi connectivity index (χ4n) is 3.09. The van der Waals surface area contributed by atoms with Crippen LogP contribution in [0.3, 0.4) is 0 Å². The number of carbonyl (C=O) groups excluding carboxylic acids is 2. The number of esters is 1. The van der Waals surface area contributed by atoms with Gasteiger partial charge in [-0.25, -0.2) is 0 Å². The van der Waals surface area contributed by atoms with Crippen molar-refractivity contribution in [2.75, 3.05) is 14.1 Å². The molecule has 2 unspecified atom stereocenters. The molecule has 0 aromatic rings. The molecular formula is C17H31NO3. The Hall–Kier alpha value is -1.06. The topological polar surface area (TPSA) is 46.6 Å². The van der Waals surface area contributed by atoms with Crippen molar-refractivity contribution >= 4 is 11.9 Å². The van der Waals surface area contributed by atoms with Crippen LogP contribution in [0.25, 0.3) is 0 Å². The van der Waals surface area contributed by atoms with E-state index in [0.717, 1.165) is 12.8 Å². The van der Waals surface area contributed by atoms with Gasteiger partial charge in [-0.15, -0.1) is 0 Å². The van der Waals surface area contributed by atoms with Gasteiger partial charge in [0.15, 0.2) is 0 Å². The molecule has 0 aromatic heterocycles. The van der Waals surface area contributed by atoms with E-state index in [-0.39, 0.29) is 36.2 Å². The van der Waals surface area contributed by atoms with Crippen molar-refractivity contribution in [2.45, 2.75) is 65.9 Å². The molecule has 1 fully saturated rings. The zero-order valence-corrected chi connectivity index (χ0v) is 14.4. The Balaban J connectivity index is 2.56. The van der Waals surface area contributed by atoms with Crippen molar-refractivity contribution in [1.29, 1.82) is 0 Å². The van der Waals surface area contributed by atoms with Gasteiger partial charge in [0.25, 0.3) is 0 Å². The van der Waals surface area contributed by atoms with E-state index in [1.54, 1.807) is 14.1 Å². The van der Waals surface area contributed by atoms with E-state index in [2.05, 4.69) is 27.7 Å². The van der Waals surface area contributed by atoms with Crippen LogP contribution in [-0.4, -0.2) is 37.0 Å². The second-order valence-electron chi connectivity index (χ2n) is 7.63. The third-order valence-electron chi connectivity index (χ3n) is 4.57. The summed E-state index contributed by atoms with van der Waals surface area (Å²) in [6.45, 7) is 8.86. The average molecular weight is 297 g/mol. The lowest BCUT2D eigenvalue weighted by Crippen LogP contribution is -2.39. The lowest BCUT2D eigenvalue weighted by molar-refractivity contribution is -0.159. The molecule has 0 saturated heterocycles. The predicted octanol–water partition coefficient (Wildman–Crippen LogP) is 3.25. The van der Waals surface area contributed by atoms with Gasteiger partial charge in [0.2, 0.25) is 5.91 Å². The molecule has 1 rings (SSSR count). The van der Waals surface area contributed by atoms with Crippen molar-refractivity contribution in [3.63, 3.8) is 0 Å². The summed E-state index contributed by atoms with van der Waals surface area (Å²) in [5.41, 5.74) is 0.232. The van der Waals surface area contributed by atoms with Crippen molar-refractivity contribution in [2.24, 2.45) is 17.3 Å². The maximum Gasteiger partial charge on any atom is 0.306 e. The molecule has 0 bridgehead atoms. The van der Waals surface area contributed by atoms with E-state index in [0.29, 0.717) is 11.8 Å². The minimum Gasteiger partial charge on any atom is -0.462 e. The van der Waals surface area contributed by atoms with Crippen LogP contribution >= 0.6 is 0 Å². The molecule has 4 nitrogen and oxygen atoms in total. The molecule has 4 heteroatoms. The number of ether oxygens (including phenoxy) is 1. The molecule has 0 aromatic carbocycles. The lowest BCUT2D eigenvalue weighted by Gasteiger charge is -2.41. The van der Waals surface area contributed by atoms with Gasteiger partial charge in [0, 0.05) is 20.5 Å². The van der Waals surface area contributed by atoms with E-state index in [4.69, 9.17) is 4.74 Å². The van der Waals surface area contributed by atoms with E-state index in [1.807, 2.05) is 0 Å². The monoisotopic (exact) mass is 297 g/mol. The van der Waals surface area contributed by atoms with E-state index in [1.165, 1.54) is 11.3 Å². The first-order chi connectivity index (χ1) is 9.62. The molecule has 1 aliphatic carbocycles. The van der Waals surface area contributed by atoms with E-state index >= 15 is 0 Å². The van der Waals surface area contributed by atoms with Gasteiger partial charge in [0.05, 0.1) is 6.42 Å². The normalized spacial score (nSPS) is 24.7. The fourth-order valence-corrected chi connectivity index (χ4v) is 3.09. The Labute approximate surface area is 129 Å². The molecule has 21 heavy (non-hydrogen) atoms. The highest BCUT2D eigenvalue weighted by atomic mass is 16.5. The Morgan fingerprint density at radius 1 is 1.24 bits per heavy atom. The molecular weight excluding hydrogens is 266 g/mol. The lowest BCUT2D eigenvalue weighted by atomic mass is 9.68. The van der Waals surface area contributed by atoms with Gasteiger partial charge in [-0.1, -0.05) is 27.7 Å². The third kappa shape index (κ3) is 5.68. The van der Waals surface area contributed by atoms with Gasteiger partial charge < -0.3 is 9.64 Å². The SMILES string of the molecule is CC(C)C1CCC(C)(C)CC1OC(=O)CCC(=O)N(C)C. The van der Waals surface area contributed by atoms with E-state index < -0.39 is 0 Å². The van der Waals surface area contributed by atoms with Gasteiger partial charge in [0.1, 0.15) is 6.10 Å². The molecule has 0 radical (unpaired) electrons. The Bertz CT molecular complexity index is 374. The number of hydrogen-bond acceptors (Lipinski definition) is 3. The van der Waals surface area contributed by atoms with Crippen LogP contribution in [0.5, 0.6) is 0 Å². The van der Waals surface area contributed by atoms with Gasteiger partial charge in [-0.2, -0.15) is 0 Å². The highest BCUT2D eigenvalue weighted by Gasteiger charge is 2.38. The van der Waals surface area contributed by atoms with Crippen molar-refractivity contribution in [3.8, 4) is 0 Å². The van der Waals surface area contributed by atoms with Gasteiger partial charge in [-0.3, -0.25) is 9.59 Å². The summed E-state index contributed by atoms with van der Waals surface area (Å²) in [6, 6.07) is 0. The maximum absolute atomic E-state index is 12.0. The summed E-state index contributed by atoms with van der Waals surface area (Å²) in [6.07, 6.45) is 3.62. The Morgan fingerprint density at radius 3 is 2.38 bits per heavy atom. The van der Waals surface area contributed by atoms with Gasteiger partial charge in [-0.05, 0) is 36.5 Å².